The highest BCUT2D eigenvalue weighted by atomic mass is 19.4. The van der Waals surface area contributed by atoms with Gasteiger partial charge in [0.05, 0.1) is 25.8 Å². The molecule has 34 heavy (non-hydrogen) atoms. The van der Waals surface area contributed by atoms with E-state index in [2.05, 4.69) is 0 Å². The molecular formula is C25H24F3NO5. The van der Waals surface area contributed by atoms with Crippen LogP contribution in [0.1, 0.15) is 34.5 Å². The molecule has 2 aromatic carbocycles. The Kier molecular flexibility index (Phi) is 7.14. The highest BCUT2D eigenvalue weighted by Crippen LogP contribution is 2.44. The summed E-state index contributed by atoms with van der Waals surface area (Å²) in [4.78, 5) is 39.0. The van der Waals surface area contributed by atoms with E-state index in [9.17, 15) is 27.6 Å². The van der Waals surface area contributed by atoms with E-state index in [0.717, 1.165) is 7.11 Å². The number of carbonyl (C=O) groups excluding carboxylic acids is 3. The lowest BCUT2D eigenvalue weighted by atomic mass is 9.77. The van der Waals surface area contributed by atoms with E-state index in [1.54, 1.807) is 55.5 Å². The van der Waals surface area contributed by atoms with Crippen LogP contribution in [-0.4, -0.2) is 48.7 Å². The van der Waals surface area contributed by atoms with Crippen molar-refractivity contribution in [3.8, 4) is 0 Å². The van der Waals surface area contributed by atoms with Gasteiger partial charge in [-0.3, -0.25) is 4.79 Å². The third kappa shape index (κ3) is 4.55. The normalized spacial score (nSPS) is 22.2. The molecule has 3 atom stereocenters. The van der Waals surface area contributed by atoms with E-state index in [4.69, 9.17) is 9.47 Å². The highest BCUT2D eigenvalue weighted by Gasteiger charge is 2.58. The van der Waals surface area contributed by atoms with Crippen molar-refractivity contribution in [2.75, 3.05) is 14.2 Å². The average molecular weight is 475 g/mol. The smallest absolute Gasteiger partial charge is 0.467 e. The van der Waals surface area contributed by atoms with E-state index in [0.29, 0.717) is 10.5 Å². The molecule has 9 heteroatoms. The average Bonchev–Trinajstić information content (AvgIpc) is 2.83. The second-order valence-corrected chi connectivity index (χ2v) is 7.99. The van der Waals surface area contributed by atoms with Crippen LogP contribution in [0.4, 0.5) is 13.2 Å². The van der Waals surface area contributed by atoms with Crippen LogP contribution in [0.15, 0.2) is 66.7 Å². The van der Waals surface area contributed by atoms with Crippen molar-refractivity contribution in [1.82, 2.24) is 4.90 Å². The molecule has 6 nitrogen and oxygen atoms in total. The zero-order valence-corrected chi connectivity index (χ0v) is 18.8. The number of hydrogen-bond donors (Lipinski definition) is 0. The summed E-state index contributed by atoms with van der Waals surface area (Å²) >= 11 is 0. The first-order chi connectivity index (χ1) is 16.1. The zero-order chi connectivity index (χ0) is 25.1. The number of carbonyl (C=O) groups is 3. The molecule has 0 aliphatic carbocycles. The first-order valence-corrected chi connectivity index (χ1v) is 10.5. The van der Waals surface area contributed by atoms with Gasteiger partial charge in [-0.15, -0.1) is 0 Å². The lowest BCUT2D eigenvalue weighted by Gasteiger charge is -2.49. The fourth-order valence-corrected chi connectivity index (χ4v) is 4.36. The molecule has 0 fully saturated rings. The van der Waals surface area contributed by atoms with Crippen LogP contribution in [0.25, 0.3) is 0 Å². The number of esters is 2. The van der Waals surface area contributed by atoms with E-state index in [1.165, 1.54) is 25.3 Å². The Morgan fingerprint density at radius 1 is 0.971 bits per heavy atom. The molecule has 1 heterocycles. The molecule has 1 aliphatic heterocycles. The number of amides is 1. The number of ether oxygens (including phenoxy) is 2. The van der Waals surface area contributed by atoms with Gasteiger partial charge < -0.3 is 14.4 Å². The quantitative estimate of drug-likeness (QED) is 0.477. The van der Waals surface area contributed by atoms with E-state index >= 15 is 0 Å². The molecule has 1 aliphatic rings. The Morgan fingerprint density at radius 2 is 1.59 bits per heavy atom. The maximum atomic E-state index is 13.9. The van der Waals surface area contributed by atoms with Crippen LogP contribution in [0.5, 0.6) is 0 Å². The van der Waals surface area contributed by atoms with Crippen molar-refractivity contribution < 1.29 is 37.0 Å². The molecule has 0 N–H and O–H groups in total. The SMILES string of the molecule is COC(=O)c1ccccc1CC1(C(=O)OC)C=CC(C)C(c2ccccc2)N1C(=O)C(F)(F)F. The van der Waals surface area contributed by atoms with E-state index < -0.39 is 47.9 Å². The summed E-state index contributed by atoms with van der Waals surface area (Å²) < 4.78 is 51.5. The topological polar surface area (TPSA) is 72.9 Å². The number of halogens is 3. The molecule has 0 radical (unpaired) electrons. The lowest BCUT2D eigenvalue weighted by molar-refractivity contribution is -0.199. The van der Waals surface area contributed by atoms with Crippen LogP contribution >= 0.6 is 0 Å². The Labute approximate surface area is 195 Å². The fraction of sp³-hybridized carbons (Fsp3) is 0.320. The molecule has 0 bridgehead atoms. The molecule has 3 unspecified atom stereocenters. The van der Waals surface area contributed by atoms with Gasteiger partial charge in [-0.25, -0.2) is 9.59 Å². The van der Waals surface area contributed by atoms with Crippen molar-refractivity contribution in [2.24, 2.45) is 5.92 Å². The molecular weight excluding hydrogens is 451 g/mol. The second-order valence-electron chi connectivity index (χ2n) is 7.99. The number of benzene rings is 2. The minimum absolute atomic E-state index is 0.0657. The Morgan fingerprint density at radius 3 is 2.18 bits per heavy atom. The molecule has 1 amide bonds. The van der Waals surface area contributed by atoms with Crippen molar-refractivity contribution in [1.29, 1.82) is 0 Å². The third-order valence-corrected chi connectivity index (χ3v) is 5.91. The van der Waals surface area contributed by atoms with Gasteiger partial charge in [-0.05, 0) is 23.1 Å². The van der Waals surface area contributed by atoms with Gasteiger partial charge in [-0.1, -0.05) is 67.6 Å². The number of nitrogens with zero attached hydrogens (tertiary/aromatic N) is 1. The van der Waals surface area contributed by atoms with Gasteiger partial charge in [0, 0.05) is 6.42 Å². The molecule has 3 rings (SSSR count). The Balaban J connectivity index is 2.29. The van der Waals surface area contributed by atoms with Gasteiger partial charge >= 0.3 is 24.0 Å². The Bertz CT molecular complexity index is 1100. The summed E-state index contributed by atoms with van der Waals surface area (Å²) in [6.45, 7) is 1.66. The predicted octanol–water partition coefficient (Wildman–Crippen LogP) is 4.27. The Hall–Kier alpha value is -3.62. The maximum absolute atomic E-state index is 13.9. The number of alkyl halides is 3. The van der Waals surface area contributed by atoms with E-state index in [1.807, 2.05) is 0 Å². The summed E-state index contributed by atoms with van der Waals surface area (Å²) in [6.07, 6.45) is -2.84. The number of hydrogen-bond acceptors (Lipinski definition) is 5. The van der Waals surface area contributed by atoms with Crippen molar-refractivity contribution >= 4 is 17.8 Å². The minimum Gasteiger partial charge on any atom is -0.467 e. The fourth-order valence-electron chi connectivity index (χ4n) is 4.36. The van der Waals surface area contributed by atoms with Gasteiger partial charge in [0.25, 0.3) is 0 Å². The van der Waals surface area contributed by atoms with Crippen molar-refractivity contribution in [3.05, 3.63) is 83.4 Å². The standard InChI is InChI=1S/C25H24F3NO5/c1-16-13-14-24(23(32)34-3,15-18-11-7-8-12-19(18)21(30)33-2)29(22(31)25(26,27)28)20(16)17-9-5-4-6-10-17/h4-14,16,20H,15H2,1-3H3. The molecule has 180 valence electrons. The lowest BCUT2D eigenvalue weighted by Crippen LogP contribution is -2.64. The largest absolute Gasteiger partial charge is 0.471 e. The monoisotopic (exact) mass is 475 g/mol. The van der Waals surface area contributed by atoms with Crippen LogP contribution in [0, 0.1) is 5.92 Å². The van der Waals surface area contributed by atoms with Gasteiger partial charge in [-0.2, -0.15) is 13.2 Å². The summed E-state index contributed by atoms with van der Waals surface area (Å²) in [5.41, 5.74) is -1.45. The summed E-state index contributed by atoms with van der Waals surface area (Å²) in [5, 5.41) is 0. The number of rotatable bonds is 5. The summed E-state index contributed by atoms with van der Waals surface area (Å²) in [7, 11) is 2.21. The highest BCUT2D eigenvalue weighted by molar-refractivity contribution is 5.95. The van der Waals surface area contributed by atoms with E-state index in [-0.39, 0.29) is 11.1 Å². The molecule has 2 aromatic rings. The predicted molar refractivity (Wildman–Crippen MR) is 117 cm³/mol. The molecule has 0 aromatic heterocycles. The first kappa shape index (κ1) is 25.0. The summed E-state index contributed by atoms with van der Waals surface area (Å²) in [6, 6.07) is 13.1. The first-order valence-electron chi connectivity index (χ1n) is 10.5. The van der Waals surface area contributed by atoms with Crippen molar-refractivity contribution in [3.63, 3.8) is 0 Å². The van der Waals surface area contributed by atoms with Gasteiger partial charge in [0.15, 0.2) is 5.54 Å². The van der Waals surface area contributed by atoms with Crippen LogP contribution < -0.4 is 0 Å². The molecule has 0 saturated carbocycles. The molecule has 0 saturated heterocycles. The zero-order valence-electron chi connectivity index (χ0n) is 18.8. The third-order valence-electron chi connectivity index (χ3n) is 5.91. The van der Waals surface area contributed by atoms with Gasteiger partial charge in [0.1, 0.15) is 0 Å². The maximum Gasteiger partial charge on any atom is 0.471 e. The second kappa shape index (κ2) is 9.70. The molecule has 0 spiro atoms. The van der Waals surface area contributed by atoms with Gasteiger partial charge in [0.2, 0.25) is 0 Å². The number of methoxy groups -OCH3 is 2. The van der Waals surface area contributed by atoms with Crippen LogP contribution in [0.2, 0.25) is 0 Å². The minimum atomic E-state index is -5.26. The van der Waals surface area contributed by atoms with Crippen molar-refractivity contribution in [2.45, 2.75) is 31.1 Å². The summed E-state index contributed by atoms with van der Waals surface area (Å²) in [5.74, 6) is -4.52. The van der Waals surface area contributed by atoms with Crippen LogP contribution in [-0.2, 0) is 25.5 Å². The van der Waals surface area contributed by atoms with Crippen LogP contribution in [0.3, 0.4) is 0 Å².